The Balaban J connectivity index is 2.01. The standard InChI is InChI=1S/C18H13ClF3N3O/c1-25-16(19)14(15(24-25)18(20,21)22)17(26)23-13-10-6-5-9-12(13)11-7-3-2-4-8-11/h2-10H,1H3,(H,23,26). The van der Waals surface area contributed by atoms with Crippen LogP contribution in [0, 0.1) is 0 Å². The fourth-order valence-corrected chi connectivity index (χ4v) is 2.76. The van der Waals surface area contributed by atoms with Crippen molar-refractivity contribution in [2.24, 2.45) is 7.05 Å². The van der Waals surface area contributed by atoms with Gasteiger partial charge in [-0.1, -0.05) is 60.1 Å². The molecule has 0 atom stereocenters. The first kappa shape index (κ1) is 18.0. The van der Waals surface area contributed by atoms with Gasteiger partial charge < -0.3 is 5.32 Å². The van der Waals surface area contributed by atoms with Crippen molar-refractivity contribution in [3.63, 3.8) is 0 Å². The maximum absolute atomic E-state index is 13.2. The predicted molar refractivity (Wildman–Crippen MR) is 93.1 cm³/mol. The van der Waals surface area contributed by atoms with E-state index in [9.17, 15) is 18.0 Å². The minimum atomic E-state index is -4.80. The van der Waals surface area contributed by atoms with Gasteiger partial charge in [0.25, 0.3) is 5.91 Å². The zero-order valence-corrected chi connectivity index (χ0v) is 14.3. The number of carbonyl (C=O) groups excluding carboxylic acids is 1. The summed E-state index contributed by atoms with van der Waals surface area (Å²) in [5.41, 5.74) is -0.160. The number of nitrogens with one attached hydrogen (secondary N) is 1. The number of amides is 1. The topological polar surface area (TPSA) is 46.9 Å². The summed E-state index contributed by atoms with van der Waals surface area (Å²) in [6.07, 6.45) is -4.80. The second-order valence-electron chi connectivity index (χ2n) is 5.50. The predicted octanol–water partition coefficient (Wildman–Crippen LogP) is 5.01. The van der Waals surface area contributed by atoms with Crippen LogP contribution in [0.15, 0.2) is 54.6 Å². The van der Waals surface area contributed by atoms with Crippen LogP contribution >= 0.6 is 11.6 Å². The van der Waals surface area contributed by atoms with Gasteiger partial charge in [-0.15, -0.1) is 0 Å². The van der Waals surface area contributed by atoms with Crippen molar-refractivity contribution in [1.82, 2.24) is 9.78 Å². The Labute approximate surface area is 152 Å². The number of rotatable bonds is 3. The van der Waals surface area contributed by atoms with E-state index in [4.69, 9.17) is 11.6 Å². The Kier molecular flexibility index (Phi) is 4.73. The third-order valence-electron chi connectivity index (χ3n) is 3.73. The van der Waals surface area contributed by atoms with Crippen LogP contribution in [0.5, 0.6) is 0 Å². The number of benzene rings is 2. The molecular formula is C18H13ClF3N3O. The highest BCUT2D eigenvalue weighted by Gasteiger charge is 2.41. The van der Waals surface area contributed by atoms with Crippen molar-refractivity contribution >= 4 is 23.2 Å². The van der Waals surface area contributed by atoms with Crippen molar-refractivity contribution in [2.45, 2.75) is 6.18 Å². The van der Waals surface area contributed by atoms with E-state index in [0.717, 1.165) is 10.2 Å². The molecule has 0 unspecified atom stereocenters. The summed E-state index contributed by atoms with van der Waals surface area (Å²) in [4.78, 5) is 12.6. The number of hydrogen-bond donors (Lipinski definition) is 1. The van der Waals surface area contributed by atoms with E-state index < -0.39 is 23.3 Å². The number of carbonyl (C=O) groups is 1. The molecule has 3 aromatic rings. The minimum absolute atomic E-state index is 0.372. The molecule has 0 aliphatic heterocycles. The summed E-state index contributed by atoms with van der Waals surface area (Å²) in [5, 5.41) is 5.46. The van der Waals surface area contributed by atoms with Crippen LogP contribution in [0.25, 0.3) is 11.1 Å². The number of nitrogens with zero attached hydrogens (tertiary/aromatic N) is 2. The van der Waals surface area contributed by atoms with Crippen LogP contribution in [0.2, 0.25) is 5.15 Å². The number of halogens is 4. The van der Waals surface area contributed by atoms with E-state index in [2.05, 4.69) is 10.4 Å². The number of aryl methyl sites for hydroxylation is 1. The molecule has 0 bridgehead atoms. The van der Waals surface area contributed by atoms with Gasteiger partial charge in [0.1, 0.15) is 10.7 Å². The Bertz CT molecular complexity index is 952. The lowest BCUT2D eigenvalue weighted by Crippen LogP contribution is -2.18. The Morgan fingerprint density at radius 3 is 2.35 bits per heavy atom. The second-order valence-corrected chi connectivity index (χ2v) is 5.86. The van der Waals surface area contributed by atoms with Crippen molar-refractivity contribution in [2.75, 3.05) is 5.32 Å². The number of para-hydroxylation sites is 1. The van der Waals surface area contributed by atoms with Gasteiger partial charge in [0.05, 0.1) is 0 Å². The van der Waals surface area contributed by atoms with Crippen molar-refractivity contribution in [3.05, 3.63) is 71.0 Å². The zero-order chi connectivity index (χ0) is 18.9. The van der Waals surface area contributed by atoms with Crippen LogP contribution in [0.1, 0.15) is 16.1 Å². The van der Waals surface area contributed by atoms with Crippen molar-refractivity contribution in [3.8, 4) is 11.1 Å². The molecule has 2 aromatic carbocycles. The molecule has 0 aliphatic rings. The van der Waals surface area contributed by atoms with Crippen LogP contribution in [0.3, 0.4) is 0 Å². The monoisotopic (exact) mass is 379 g/mol. The van der Waals surface area contributed by atoms with Gasteiger partial charge in [-0.3, -0.25) is 9.48 Å². The Morgan fingerprint density at radius 1 is 1.08 bits per heavy atom. The van der Waals surface area contributed by atoms with Gasteiger partial charge in [-0.2, -0.15) is 18.3 Å². The molecule has 8 heteroatoms. The fourth-order valence-electron chi connectivity index (χ4n) is 2.55. The molecule has 3 rings (SSSR count). The minimum Gasteiger partial charge on any atom is -0.321 e. The fraction of sp³-hybridized carbons (Fsp3) is 0.111. The summed E-state index contributed by atoms with van der Waals surface area (Å²) >= 11 is 5.88. The molecule has 0 radical (unpaired) electrons. The first-order valence-corrected chi connectivity index (χ1v) is 7.92. The smallest absolute Gasteiger partial charge is 0.321 e. The van der Waals surface area contributed by atoms with E-state index in [0.29, 0.717) is 11.3 Å². The molecule has 134 valence electrons. The molecule has 0 saturated heterocycles. The lowest BCUT2D eigenvalue weighted by Gasteiger charge is -2.12. The quantitative estimate of drug-likeness (QED) is 0.695. The highest BCUT2D eigenvalue weighted by Crippen LogP contribution is 2.35. The van der Waals surface area contributed by atoms with Crippen LogP contribution < -0.4 is 5.32 Å². The second kappa shape index (κ2) is 6.84. The number of alkyl halides is 3. The molecule has 4 nitrogen and oxygen atoms in total. The molecule has 0 fully saturated rings. The van der Waals surface area contributed by atoms with Crippen molar-refractivity contribution < 1.29 is 18.0 Å². The van der Waals surface area contributed by atoms with Crippen LogP contribution in [-0.4, -0.2) is 15.7 Å². The Hall–Kier alpha value is -2.80. The van der Waals surface area contributed by atoms with E-state index in [-0.39, 0.29) is 5.15 Å². The highest BCUT2D eigenvalue weighted by atomic mass is 35.5. The van der Waals surface area contributed by atoms with Gasteiger partial charge in [-0.05, 0) is 11.6 Å². The summed E-state index contributed by atoms with van der Waals surface area (Å²) in [6.45, 7) is 0. The lowest BCUT2D eigenvalue weighted by atomic mass is 10.0. The molecule has 1 N–H and O–H groups in total. The van der Waals surface area contributed by atoms with Gasteiger partial charge in [0, 0.05) is 18.3 Å². The van der Waals surface area contributed by atoms with Gasteiger partial charge in [-0.25, -0.2) is 0 Å². The van der Waals surface area contributed by atoms with E-state index in [1.165, 1.54) is 7.05 Å². The molecule has 1 amide bonds. The maximum atomic E-state index is 13.2. The third-order valence-corrected chi connectivity index (χ3v) is 4.17. The molecule has 1 aromatic heterocycles. The SMILES string of the molecule is Cn1nc(C(F)(F)F)c(C(=O)Nc2ccccc2-c2ccccc2)c1Cl. The van der Waals surface area contributed by atoms with E-state index >= 15 is 0 Å². The number of hydrogen-bond acceptors (Lipinski definition) is 2. The lowest BCUT2D eigenvalue weighted by molar-refractivity contribution is -0.141. The summed E-state index contributed by atoms with van der Waals surface area (Å²) in [6, 6.07) is 16.0. The average Bonchev–Trinajstić information content (AvgIpc) is 2.92. The first-order valence-electron chi connectivity index (χ1n) is 7.54. The third kappa shape index (κ3) is 3.43. The summed E-state index contributed by atoms with van der Waals surface area (Å²) < 4.78 is 40.3. The summed E-state index contributed by atoms with van der Waals surface area (Å²) in [7, 11) is 1.24. The van der Waals surface area contributed by atoms with Crippen molar-refractivity contribution in [1.29, 1.82) is 0 Å². The van der Waals surface area contributed by atoms with Gasteiger partial charge in [0.2, 0.25) is 0 Å². The maximum Gasteiger partial charge on any atom is 0.436 e. The largest absolute Gasteiger partial charge is 0.436 e. The number of aromatic nitrogens is 2. The van der Waals surface area contributed by atoms with Crippen LogP contribution in [0.4, 0.5) is 18.9 Å². The normalized spacial score (nSPS) is 11.4. The molecule has 1 heterocycles. The zero-order valence-electron chi connectivity index (χ0n) is 13.5. The molecule has 26 heavy (non-hydrogen) atoms. The Morgan fingerprint density at radius 2 is 1.69 bits per heavy atom. The van der Waals surface area contributed by atoms with Crippen LogP contribution in [-0.2, 0) is 13.2 Å². The number of anilines is 1. The molecule has 0 spiro atoms. The summed E-state index contributed by atoms with van der Waals surface area (Å²) in [5.74, 6) is -0.973. The highest BCUT2D eigenvalue weighted by molar-refractivity contribution is 6.33. The van der Waals surface area contributed by atoms with E-state index in [1.807, 2.05) is 30.3 Å². The average molecular weight is 380 g/mol. The van der Waals surface area contributed by atoms with Gasteiger partial charge in [0.15, 0.2) is 5.69 Å². The molecular weight excluding hydrogens is 367 g/mol. The van der Waals surface area contributed by atoms with Gasteiger partial charge >= 0.3 is 6.18 Å². The molecule has 0 saturated carbocycles. The van der Waals surface area contributed by atoms with E-state index in [1.54, 1.807) is 24.3 Å². The molecule has 0 aliphatic carbocycles. The first-order chi connectivity index (χ1) is 12.3.